The molecule has 1 fully saturated rings. The van der Waals surface area contributed by atoms with Crippen LogP contribution in [0, 0.1) is 0 Å². The number of nitrogens with zero attached hydrogens (tertiary/aromatic N) is 1. The quantitative estimate of drug-likeness (QED) is 0.848. The van der Waals surface area contributed by atoms with Crippen LogP contribution in [0.15, 0.2) is 35.1 Å². The molecule has 0 aliphatic carbocycles. The third-order valence-corrected chi connectivity index (χ3v) is 5.93. The maximum Gasteiger partial charge on any atom is 0.256 e. The summed E-state index contributed by atoms with van der Waals surface area (Å²) in [5.41, 5.74) is 0.611. The van der Waals surface area contributed by atoms with Crippen molar-refractivity contribution in [3.63, 3.8) is 0 Å². The van der Waals surface area contributed by atoms with Gasteiger partial charge < -0.3 is 9.88 Å². The molecule has 2 heterocycles. The number of amides is 1. The van der Waals surface area contributed by atoms with E-state index < -0.39 is 9.84 Å². The first-order chi connectivity index (χ1) is 10.9. The fourth-order valence-electron chi connectivity index (χ4n) is 2.88. The summed E-state index contributed by atoms with van der Waals surface area (Å²) in [6, 6.07) is 8.16. The lowest BCUT2D eigenvalue weighted by molar-refractivity contribution is 0.0708. The van der Waals surface area contributed by atoms with E-state index in [1.54, 1.807) is 23.1 Å². The first kappa shape index (κ1) is 15.7. The number of pyridine rings is 1. The van der Waals surface area contributed by atoms with Gasteiger partial charge in [0.2, 0.25) is 5.56 Å². The molecule has 1 atom stereocenters. The number of fused-ring (bicyclic) bond motifs is 1. The number of H-pyrrole nitrogens is 1. The van der Waals surface area contributed by atoms with E-state index in [9.17, 15) is 18.0 Å². The first-order valence-corrected chi connectivity index (χ1v) is 9.33. The van der Waals surface area contributed by atoms with Crippen LogP contribution in [0.1, 0.15) is 23.7 Å². The van der Waals surface area contributed by atoms with E-state index in [0.29, 0.717) is 17.5 Å². The molecule has 6 nitrogen and oxygen atoms in total. The highest BCUT2D eigenvalue weighted by atomic mass is 32.2. The van der Waals surface area contributed by atoms with Crippen molar-refractivity contribution in [2.45, 2.75) is 19.4 Å². The van der Waals surface area contributed by atoms with Gasteiger partial charge in [-0.1, -0.05) is 12.1 Å². The highest BCUT2D eigenvalue weighted by Gasteiger charge is 2.29. The second kappa shape index (κ2) is 5.81. The minimum Gasteiger partial charge on any atom is -0.335 e. The van der Waals surface area contributed by atoms with E-state index in [2.05, 4.69) is 4.98 Å². The molecule has 1 aliphatic heterocycles. The summed E-state index contributed by atoms with van der Waals surface area (Å²) < 4.78 is 23.6. The zero-order valence-corrected chi connectivity index (χ0v) is 13.6. The van der Waals surface area contributed by atoms with Crippen molar-refractivity contribution < 1.29 is 13.2 Å². The number of rotatable bonds is 1. The Morgan fingerprint density at radius 2 is 2.00 bits per heavy atom. The third-order valence-electron chi connectivity index (χ3n) is 4.27. The van der Waals surface area contributed by atoms with Crippen molar-refractivity contribution in [1.82, 2.24) is 9.88 Å². The number of para-hydroxylation sites is 1. The third kappa shape index (κ3) is 3.14. The van der Waals surface area contributed by atoms with Crippen LogP contribution in [-0.2, 0) is 9.84 Å². The summed E-state index contributed by atoms with van der Waals surface area (Å²) in [6.07, 6.45) is 0.426. The highest BCUT2D eigenvalue weighted by Crippen LogP contribution is 2.20. The lowest BCUT2D eigenvalue weighted by Crippen LogP contribution is -2.39. The van der Waals surface area contributed by atoms with Crippen molar-refractivity contribution in [1.29, 1.82) is 0 Å². The van der Waals surface area contributed by atoms with Crippen LogP contribution in [-0.4, -0.2) is 48.3 Å². The minimum absolute atomic E-state index is 0.0234. The Morgan fingerprint density at radius 1 is 1.22 bits per heavy atom. The van der Waals surface area contributed by atoms with Crippen LogP contribution in [0.25, 0.3) is 10.9 Å². The molecule has 1 unspecified atom stereocenters. The van der Waals surface area contributed by atoms with Crippen LogP contribution < -0.4 is 5.56 Å². The zero-order valence-electron chi connectivity index (χ0n) is 12.8. The van der Waals surface area contributed by atoms with Crippen LogP contribution >= 0.6 is 0 Å². The van der Waals surface area contributed by atoms with E-state index in [1.165, 1.54) is 6.07 Å². The maximum absolute atomic E-state index is 12.9. The Labute approximate surface area is 134 Å². The zero-order chi connectivity index (χ0) is 16.6. The van der Waals surface area contributed by atoms with Gasteiger partial charge in [-0.05, 0) is 30.9 Å². The van der Waals surface area contributed by atoms with Gasteiger partial charge in [-0.2, -0.15) is 0 Å². The van der Waals surface area contributed by atoms with Gasteiger partial charge in [-0.25, -0.2) is 8.42 Å². The number of nitrogens with one attached hydrogen (secondary N) is 1. The Kier molecular flexibility index (Phi) is 3.97. The molecule has 0 saturated carbocycles. The smallest absolute Gasteiger partial charge is 0.256 e. The predicted molar refractivity (Wildman–Crippen MR) is 88.3 cm³/mol. The fraction of sp³-hybridized carbons (Fsp3) is 0.375. The molecule has 0 bridgehead atoms. The van der Waals surface area contributed by atoms with Gasteiger partial charge in [0.15, 0.2) is 9.84 Å². The Balaban J connectivity index is 2.03. The van der Waals surface area contributed by atoms with E-state index in [-0.39, 0.29) is 35.6 Å². The second-order valence-corrected chi connectivity index (χ2v) is 8.18. The lowest BCUT2D eigenvalue weighted by Gasteiger charge is -2.27. The summed E-state index contributed by atoms with van der Waals surface area (Å²) in [7, 11) is -3.10. The number of hydrogen-bond donors (Lipinski definition) is 1. The van der Waals surface area contributed by atoms with Gasteiger partial charge in [0.1, 0.15) is 0 Å². The molecule has 1 aromatic carbocycles. The van der Waals surface area contributed by atoms with Gasteiger partial charge in [0.25, 0.3) is 5.91 Å². The number of hydrogen-bond acceptors (Lipinski definition) is 4. The Bertz CT molecular complexity index is 917. The largest absolute Gasteiger partial charge is 0.335 e. The fourth-order valence-corrected chi connectivity index (χ4v) is 4.26. The van der Waals surface area contributed by atoms with Crippen molar-refractivity contribution in [3.8, 4) is 0 Å². The summed E-state index contributed by atoms with van der Waals surface area (Å²) in [5, 5.41) is 0.769. The number of sulfone groups is 1. The minimum atomic E-state index is -3.10. The molecular formula is C16H18N2O4S. The van der Waals surface area contributed by atoms with Crippen LogP contribution in [0.5, 0.6) is 0 Å². The van der Waals surface area contributed by atoms with Crippen molar-refractivity contribution in [3.05, 3.63) is 46.2 Å². The SMILES string of the molecule is CC1CCS(=O)(=O)CCN1C(=O)c1cccc2ccc(=O)[nH]c12. The molecule has 1 aliphatic rings. The monoisotopic (exact) mass is 334 g/mol. The molecule has 1 aromatic heterocycles. The molecule has 7 heteroatoms. The molecule has 0 radical (unpaired) electrons. The van der Waals surface area contributed by atoms with Gasteiger partial charge >= 0.3 is 0 Å². The summed E-state index contributed by atoms with van der Waals surface area (Å²) >= 11 is 0. The van der Waals surface area contributed by atoms with Gasteiger partial charge in [-0.15, -0.1) is 0 Å². The molecule has 0 spiro atoms. The van der Waals surface area contributed by atoms with E-state index >= 15 is 0 Å². The molecule has 23 heavy (non-hydrogen) atoms. The molecule has 3 rings (SSSR count). The van der Waals surface area contributed by atoms with Gasteiger partial charge in [0, 0.05) is 18.7 Å². The average molecular weight is 334 g/mol. The first-order valence-electron chi connectivity index (χ1n) is 7.51. The molecule has 1 saturated heterocycles. The molecular weight excluding hydrogens is 316 g/mol. The van der Waals surface area contributed by atoms with Crippen molar-refractivity contribution >= 4 is 26.6 Å². The van der Waals surface area contributed by atoms with Gasteiger partial charge in [0.05, 0.1) is 22.6 Å². The summed E-state index contributed by atoms with van der Waals surface area (Å²) in [6.45, 7) is 2.03. The number of aromatic nitrogens is 1. The highest BCUT2D eigenvalue weighted by molar-refractivity contribution is 7.91. The van der Waals surface area contributed by atoms with Gasteiger partial charge in [-0.3, -0.25) is 9.59 Å². The Hall–Kier alpha value is -2.15. The summed E-state index contributed by atoms with van der Waals surface area (Å²) in [4.78, 5) is 28.8. The van der Waals surface area contributed by atoms with Crippen LogP contribution in [0.2, 0.25) is 0 Å². The molecule has 1 N–H and O–H groups in total. The van der Waals surface area contributed by atoms with E-state index in [4.69, 9.17) is 0 Å². The van der Waals surface area contributed by atoms with Crippen molar-refractivity contribution in [2.24, 2.45) is 0 Å². The van der Waals surface area contributed by atoms with Crippen molar-refractivity contribution in [2.75, 3.05) is 18.1 Å². The second-order valence-electron chi connectivity index (χ2n) is 5.88. The predicted octanol–water partition coefficient (Wildman–Crippen LogP) is 1.18. The number of carbonyl (C=O) groups is 1. The van der Waals surface area contributed by atoms with E-state index in [1.807, 2.05) is 13.0 Å². The maximum atomic E-state index is 12.9. The van der Waals surface area contributed by atoms with E-state index in [0.717, 1.165) is 5.39 Å². The number of benzene rings is 1. The molecule has 1 amide bonds. The molecule has 122 valence electrons. The molecule has 2 aromatic rings. The van der Waals surface area contributed by atoms with Crippen LogP contribution in [0.4, 0.5) is 0 Å². The lowest BCUT2D eigenvalue weighted by atomic mass is 10.1. The Morgan fingerprint density at radius 3 is 2.78 bits per heavy atom. The normalized spacial score (nSPS) is 21.1. The summed E-state index contributed by atoms with van der Waals surface area (Å²) in [5.74, 6) is -0.170. The number of aromatic amines is 1. The average Bonchev–Trinajstić information content (AvgIpc) is 2.65. The van der Waals surface area contributed by atoms with Crippen LogP contribution in [0.3, 0.4) is 0 Å². The topological polar surface area (TPSA) is 87.3 Å². The standard InChI is InChI=1S/C16H18N2O4S/c1-11-7-9-23(21,22)10-8-18(11)16(20)13-4-2-3-12-5-6-14(19)17-15(12)13/h2-6,11H,7-10H2,1H3,(H,17,19). The number of carbonyl (C=O) groups excluding carboxylic acids is 1.